The van der Waals surface area contributed by atoms with Crippen molar-refractivity contribution in [2.24, 2.45) is 0 Å². The number of amides is 2. The van der Waals surface area contributed by atoms with Gasteiger partial charge >= 0.3 is 6.03 Å². The van der Waals surface area contributed by atoms with Gasteiger partial charge in [0.1, 0.15) is 0 Å². The number of urea groups is 1. The molecule has 0 unspecified atom stereocenters. The number of hydrogen-bond acceptors (Lipinski definition) is 2. The van der Waals surface area contributed by atoms with E-state index in [0.29, 0.717) is 6.42 Å². The molecule has 1 rings (SSSR count). The highest BCUT2D eigenvalue weighted by molar-refractivity contribution is 14.1. The van der Waals surface area contributed by atoms with Crippen LogP contribution in [0.5, 0.6) is 0 Å². The normalized spacial score (nSPS) is 11.9. The first-order valence-corrected chi connectivity index (χ1v) is 6.17. The van der Waals surface area contributed by atoms with Crippen molar-refractivity contribution in [2.45, 2.75) is 19.4 Å². The first-order valence-electron chi connectivity index (χ1n) is 5.09. The average Bonchev–Trinajstić information content (AvgIpc) is 2.29. The molecule has 0 heterocycles. The van der Waals surface area contributed by atoms with E-state index >= 15 is 0 Å². The highest BCUT2D eigenvalue weighted by atomic mass is 127. The lowest BCUT2D eigenvalue weighted by Gasteiger charge is -2.14. The van der Waals surface area contributed by atoms with E-state index in [-0.39, 0.29) is 18.7 Å². The largest absolute Gasteiger partial charge is 0.394 e. The van der Waals surface area contributed by atoms with Crippen molar-refractivity contribution in [1.82, 2.24) is 5.32 Å². The zero-order valence-electron chi connectivity index (χ0n) is 9.03. The average molecular weight is 334 g/mol. The SMILES string of the molecule is CC[C@H](CO)NC(=O)Nc1ccc(I)cc1. The maximum absolute atomic E-state index is 11.5. The zero-order valence-corrected chi connectivity index (χ0v) is 11.2. The Morgan fingerprint density at radius 3 is 2.56 bits per heavy atom. The fourth-order valence-electron chi connectivity index (χ4n) is 1.16. The molecule has 0 spiro atoms. The number of aliphatic hydroxyl groups excluding tert-OH is 1. The molecule has 5 heteroatoms. The van der Waals surface area contributed by atoms with Crippen molar-refractivity contribution in [1.29, 1.82) is 0 Å². The lowest BCUT2D eigenvalue weighted by atomic mass is 10.2. The molecule has 88 valence electrons. The van der Waals surface area contributed by atoms with Gasteiger partial charge in [-0.15, -0.1) is 0 Å². The summed E-state index contributed by atoms with van der Waals surface area (Å²) in [6.07, 6.45) is 0.705. The summed E-state index contributed by atoms with van der Waals surface area (Å²) in [6, 6.07) is 7.02. The van der Waals surface area contributed by atoms with Gasteiger partial charge in [-0.1, -0.05) is 6.92 Å². The van der Waals surface area contributed by atoms with E-state index in [2.05, 4.69) is 33.2 Å². The highest BCUT2D eigenvalue weighted by Crippen LogP contribution is 2.10. The third kappa shape index (κ3) is 4.36. The maximum Gasteiger partial charge on any atom is 0.319 e. The molecule has 1 aromatic carbocycles. The van der Waals surface area contributed by atoms with Crippen molar-refractivity contribution < 1.29 is 9.90 Å². The molecule has 0 aliphatic rings. The van der Waals surface area contributed by atoms with Crippen LogP contribution in [0.15, 0.2) is 24.3 Å². The van der Waals surface area contributed by atoms with Crippen molar-refractivity contribution in [3.63, 3.8) is 0 Å². The summed E-state index contributed by atoms with van der Waals surface area (Å²) >= 11 is 2.20. The number of aliphatic hydroxyl groups is 1. The molecular formula is C11H15IN2O2. The minimum Gasteiger partial charge on any atom is -0.394 e. The minimum absolute atomic E-state index is 0.0450. The van der Waals surface area contributed by atoms with E-state index in [0.717, 1.165) is 9.26 Å². The lowest BCUT2D eigenvalue weighted by Crippen LogP contribution is -2.39. The molecule has 1 atom stereocenters. The molecule has 1 aromatic rings. The molecule has 0 bridgehead atoms. The molecule has 16 heavy (non-hydrogen) atoms. The van der Waals surface area contributed by atoms with E-state index in [1.54, 1.807) is 0 Å². The maximum atomic E-state index is 11.5. The number of rotatable bonds is 4. The van der Waals surface area contributed by atoms with Crippen LogP contribution in [0.3, 0.4) is 0 Å². The topological polar surface area (TPSA) is 61.4 Å². The monoisotopic (exact) mass is 334 g/mol. The Morgan fingerprint density at radius 1 is 1.44 bits per heavy atom. The van der Waals surface area contributed by atoms with Crippen molar-refractivity contribution in [3.8, 4) is 0 Å². The highest BCUT2D eigenvalue weighted by Gasteiger charge is 2.08. The summed E-state index contributed by atoms with van der Waals surface area (Å²) in [5.41, 5.74) is 0.741. The molecule has 0 aromatic heterocycles. The smallest absolute Gasteiger partial charge is 0.319 e. The van der Waals surface area contributed by atoms with Gasteiger partial charge in [-0.25, -0.2) is 4.79 Å². The lowest BCUT2D eigenvalue weighted by molar-refractivity contribution is 0.222. The predicted octanol–water partition coefficient (Wildman–Crippen LogP) is 2.18. The second kappa shape index (κ2) is 6.70. The summed E-state index contributed by atoms with van der Waals surface area (Å²) < 4.78 is 1.12. The van der Waals surface area contributed by atoms with Gasteiger partial charge in [0.15, 0.2) is 0 Å². The van der Waals surface area contributed by atoms with Crippen LogP contribution in [0.2, 0.25) is 0 Å². The first-order chi connectivity index (χ1) is 7.65. The standard InChI is InChI=1S/C11H15IN2O2/c1-2-9(7-15)13-11(16)14-10-5-3-8(12)4-6-10/h3-6,9,15H,2,7H2,1H3,(H2,13,14,16)/t9-/m1/s1. The Labute approximate surface area is 109 Å². The number of carbonyl (C=O) groups excluding carboxylic acids is 1. The van der Waals surface area contributed by atoms with E-state index in [4.69, 9.17) is 5.11 Å². The van der Waals surface area contributed by atoms with Gasteiger partial charge in [0.05, 0.1) is 12.6 Å². The van der Waals surface area contributed by atoms with Crippen LogP contribution in [-0.2, 0) is 0 Å². The van der Waals surface area contributed by atoms with Gasteiger partial charge in [0.2, 0.25) is 0 Å². The molecule has 2 amide bonds. The number of hydrogen-bond donors (Lipinski definition) is 3. The molecule has 0 radical (unpaired) electrons. The van der Waals surface area contributed by atoms with Crippen LogP contribution in [0.1, 0.15) is 13.3 Å². The van der Waals surface area contributed by atoms with Crippen molar-refractivity contribution in [3.05, 3.63) is 27.8 Å². The van der Waals surface area contributed by atoms with Crippen LogP contribution in [0.25, 0.3) is 0 Å². The fraction of sp³-hybridized carbons (Fsp3) is 0.364. The van der Waals surface area contributed by atoms with Gasteiger partial charge in [-0.2, -0.15) is 0 Å². The Bertz CT molecular complexity index is 336. The summed E-state index contributed by atoms with van der Waals surface area (Å²) in [5, 5.41) is 14.3. The second-order valence-electron chi connectivity index (χ2n) is 3.39. The summed E-state index contributed by atoms with van der Waals surface area (Å²) in [5.74, 6) is 0. The van der Waals surface area contributed by atoms with E-state index in [9.17, 15) is 4.79 Å². The summed E-state index contributed by atoms with van der Waals surface area (Å²) in [6.45, 7) is 1.86. The molecule has 3 N–H and O–H groups in total. The third-order valence-electron chi connectivity index (χ3n) is 2.15. The third-order valence-corrected chi connectivity index (χ3v) is 2.87. The number of anilines is 1. The second-order valence-corrected chi connectivity index (χ2v) is 4.64. The number of nitrogens with one attached hydrogen (secondary N) is 2. The molecule has 0 fully saturated rings. The van der Waals surface area contributed by atoms with Gasteiger partial charge in [0.25, 0.3) is 0 Å². The summed E-state index contributed by atoms with van der Waals surface area (Å²) in [7, 11) is 0. The van der Waals surface area contributed by atoms with Gasteiger partial charge < -0.3 is 15.7 Å². The molecule has 0 aliphatic heterocycles. The molecule has 0 saturated carbocycles. The first kappa shape index (κ1) is 13.2. The van der Waals surface area contributed by atoms with Gasteiger partial charge in [0, 0.05) is 9.26 Å². The van der Waals surface area contributed by atoms with Crippen LogP contribution < -0.4 is 10.6 Å². The Morgan fingerprint density at radius 2 is 2.06 bits per heavy atom. The van der Waals surface area contributed by atoms with Crippen LogP contribution in [0, 0.1) is 3.57 Å². The van der Waals surface area contributed by atoms with Crippen molar-refractivity contribution >= 4 is 34.3 Å². The Hall–Kier alpha value is -0.820. The molecule has 0 saturated heterocycles. The summed E-state index contributed by atoms with van der Waals surface area (Å²) in [4.78, 5) is 11.5. The van der Waals surface area contributed by atoms with E-state index < -0.39 is 0 Å². The van der Waals surface area contributed by atoms with Gasteiger partial charge in [-0.05, 0) is 53.3 Å². The quantitative estimate of drug-likeness (QED) is 0.739. The number of halogens is 1. The number of benzene rings is 1. The van der Waals surface area contributed by atoms with E-state index in [1.165, 1.54) is 0 Å². The van der Waals surface area contributed by atoms with Crippen LogP contribution in [-0.4, -0.2) is 23.8 Å². The zero-order chi connectivity index (χ0) is 12.0. The fourth-order valence-corrected chi connectivity index (χ4v) is 1.52. The predicted molar refractivity (Wildman–Crippen MR) is 72.5 cm³/mol. The van der Waals surface area contributed by atoms with Crippen LogP contribution >= 0.6 is 22.6 Å². The van der Waals surface area contributed by atoms with Gasteiger partial charge in [-0.3, -0.25) is 0 Å². The van der Waals surface area contributed by atoms with Crippen LogP contribution in [0.4, 0.5) is 10.5 Å². The minimum atomic E-state index is -0.290. The molecule has 0 aliphatic carbocycles. The Kier molecular flexibility index (Phi) is 5.54. The Balaban J connectivity index is 2.48. The number of carbonyl (C=O) groups is 1. The molecular weight excluding hydrogens is 319 g/mol. The van der Waals surface area contributed by atoms with Crippen molar-refractivity contribution in [2.75, 3.05) is 11.9 Å². The van der Waals surface area contributed by atoms with E-state index in [1.807, 2.05) is 31.2 Å². The molecule has 4 nitrogen and oxygen atoms in total.